The third kappa shape index (κ3) is 4.19. The number of aromatic nitrogens is 1. The van der Waals surface area contributed by atoms with Crippen molar-refractivity contribution >= 4 is 34.6 Å². The van der Waals surface area contributed by atoms with E-state index in [1.54, 1.807) is 19.3 Å². The van der Waals surface area contributed by atoms with Gasteiger partial charge in [-0.1, -0.05) is 11.6 Å². The fourth-order valence-corrected chi connectivity index (χ4v) is 3.01. The summed E-state index contributed by atoms with van der Waals surface area (Å²) >= 11 is 7.44. The van der Waals surface area contributed by atoms with Gasteiger partial charge in [0.25, 0.3) is 0 Å². The monoisotopic (exact) mass is 324 g/mol. The second-order valence-corrected chi connectivity index (χ2v) is 5.97. The van der Waals surface area contributed by atoms with E-state index >= 15 is 0 Å². The molecule has 0 aromatic carbocycles. The molecule has 21 heavy (non-hydrogen) atoms. The van der Waals surface area contributed by atoms with Crippen molar-refractivity contribution in [3.63, 3.8) is 0 Å². The van der Waals surface area contributed by atoms with E-state index in [1.807, 2.05) is 18.2 Å². The first-order valence-corrected chi connectivity index (χ1v) is 7.94. The number of hydrogen-bond donors (Lipinski definition) is 0. The lowest BCUT2D eigenvalue weighted by Gasteiger charge is -2.22. The molecule has 0 aliphatic carbocycles. The standard InChI is InChI=1S/C15H17ClN2O2S/c1-3-18(12-7-11(16)8-17-9-12)10-13-5-6-14(21-13)15(19)20-4-2/h5-9H,3-4,10H2,1-2H3. The number of carbonyl (C=O) groups is 1. The summed E-state index contributed by atoms with van der Waals surface area (Å²) in [6, 6.07) is 5.65. The van der Waals surface area contributed by atoms with Gasteiger partial charge in [0, 0.05) is 17.6 Å². The molecule has 0 aliphatic rings. The average molecular weight is 325 g/mol. The molecule has 112 valence electrons. The number of ether oxygens (including phenoxy) is 1. The van der Waals surface area contributed by atoms with Crippen molar-refractivity contribution < 1.29 is 9.53 Å². The van der Waals surface area contributed by atoms with E-state index in [0.29, 0.717) is 23.1 Å². The number of esters is 1. The first-order chi connectivity index (χ1) is 10.1. The largest absolute Gasteiger partial charge is 0.462 e. The van der Waals surface area contributed by atoms with E-state index in [4.69, 9.17) is 16.3 Å². The Bertz CT molecular complexity index is 615. The molecule has 0 bridgehead atoms. The molecule has 0 radical (unpaired) electrons. The number of carbonyl (C=O) groups excluding carboxylic acids is 1. The number of hydrogen-bond acceptors (Lipinski definition) is 5. The number of anilines is 1. The van der Waals surface area contributed by atoms with Gasteiger partial charge >= 0.3 is 5.97 Å². The first-order valence-electron chi connectivity index (χ1n) is 6.75. The Kier molecular flexibility index (Phi) is 5.59. The highest BCUT2D eigenvalue weighted by Gasteiger charge is 2.12. The predicted octanol–water partition coefficient (Wildman–Crippen LogP) is 4.00. The second kappa shape index (κ2) is 7.43. The van der Waals surface area contributed by atoms with Crippen LogP contribution in [0.2, 0.25) is 5.02 Å². The van der Waals surface area contributed by atoms with Crippen molar-refractivity contribution in [1.29, 1.82) is 0 Å². The van der Waals surface area contributed by atoms with Crippen molar-refractivity contribution in [3.8, 4) is 0 Å². The Morgan fingerprint density at radius 2 is 2.19 bits per heavy atom. The fraction of sp³-hybridized carbons (Fsp3) is 0.333. The van der Waals surface area contributed by atoms with Crippen molar-refractivity contribution in [3.05, 3.63) is 45.4 Å². The van der Waals surface area contributed by atoms with Gasteiger partial charge in [0.05, 0.1) is 30.1 Å². The highest BCUT2D eigenvalue weighted by Crippen LogP contribution is 2.23. The van der Waals surface area contributed by atoms with Gasteiger partial charge in [-0.25, -0.2) is 4.79 Å². The van der Waals surface area contributed by atoms with Gasteiger partial charge in [0.2, 0.25) is 0 Å². The lowest BCUT2D eigenvalue weighted by molar-refractivity contribution is 0.0532. The summed E-state index contributed by atoms with van der Waals surface area (Å²) in [7, 11) is 0. The molecule has 2 aromatic rings. The minimum absolute atomic E-state index is 0.263. The van der Waals surface area contributed by atoms with Gasteiger partial charge < -0.3 is 9.64 Å². The highest BCUT2D eigenvalue weighted by atomic mass is 35.5. The normalized spacial score (nSPS) is 10.4. The van der Waals surface area contributed by atoms with Gasteiger partial charge in [-0.15, -0.1) is 11.3 Å². The van der Waals surface area contributed by atoms with Crippen molar-refractivity contribution in [1.82, 2.24) is 4.98 Å². The molecule has 0 saturated carbocycles. The number of halogens is 1. The van der Waals surface area contributed by atoms with E-state index in [1.165, 1.54) is 11.3 Å². The Hall–Kier alpha value is -1.59. The minimum atomic E-state index is -0.263. The van der Waals surface area contributed by atoms with Gasteiger partial charge in [-0.2, -0.15) is 0 Å². The van der Waals surface area contributed by atoms with Crippen LogP contribution in [0.1, 0.15) is 28.4 Å². The zero-order valence-electron chi connectivity index (χ0n) is 12.0. The smallest absolute Gasteiger partial charge is 0.348 e. The topological polar surface area (TPSA) is 42.4 Å². The third-order valence-corrected chi connectivity index (χ3v) is 4.18. The van der Waals surface area contributed by atoms with Gasteiger partial charge in [-0.05, 0) is 32.0 Å². The molecule has 0 spiro atoms. The van der Waals surface area contributed by atoms with E-state index in [9.17, 15) is 4.79 Å². The predicted molar refractivity (Wildman–Crippen MR) is 86.2 cm³/mol. The van der Waals surface area contributed by atoms with E-state index in [-0.39, 0.29) is 5.97 Å². The van der Waals surface area contributed by atoms with E-state index in [2.05, 4.69) is 16.8 Å². The molecule has 0 aliphatic heterocycles. The van der Waals surface area contributed by atoms with E-state index in [0.717, 1.165) is 17.1 Å². The summed E-state index contributed by atoms with van der Waals surface area (Å²) in [6.45, 7) is 5.80. The molecule has 0 unspecified atom stereocenters. The molecular weight excluding hydrogens is 308 g/mol. The van der Waals surface area contributed by atoms with Crippen molar-refractivity contribution in [2.45, 2.75) is 20.4 Å². The fourth-order valence-electron chi connectivity index (χ4n) is 1.92. The molecule has 2 heterocycles. The quantitative estimate of drug-likeness (QED) is 0.753. The zero-order valence-corrected chi connectivity index (χ0v) is 13.6. The van der Waals surface area contributed by atoms with Gasteiger partial charge in [-0.3, -0.25) is 4.98 Å². The van der Waals surface area contributed by atoms with Crippen LogP contribution in [0.3, 0.4) is 0 Å². The average Bonchev–Trinajstić information content (AvgIpc) is 2.93. The number of nitrogens with zero attached hydrogens (tertiary/aromatic N) is 2. The summed E-state index contributed by atoms with van der Waals surface area (Å²) < 4.78 is 5.00. The Balaban J connectivity index is 2.10. The summed E-state index contributed by atoms with van der Waals surface area (Å²) in [5.74, 6) is -0.263. The number of pyridine rings is 1. The molecule has 0 saturated heterocycles. The molecule has 6 heteroatoms. The van der Waals surface area contributed by atoms with Crippen LogP contribution in [0, 0.1) is 0 Å². The maximum atomic E-state index is 11.7. The summed E-state index contributed by atoms with van der Waals surface area (Å²) in [5.41, 5.74) is 0.969. The Morgan fingerprint density at radius 3 is 2.86 bits per heavy atom. The van der Waals surface area contributed by atoms with E-state index < -0.39 is 0 Å². The van der Waals surface area contributed by atoms with Crippen LogP contribution in [0.15, 0.2) is 30.6 Å². The lowest BCUT2D eigenvalue weighted by Crippen LogP contribution is -2.21. The van der Waals surface area contributed by atoms with Crippen LogP contribution in [0.5, 0.6) is 0 Å². The van der Waals surface area contributed by atoms with Crippen LogP contribution in [0.4, 0.5) is 5.69 Å². The maximum Gasteiger partial charge on any atom is 0.348 e. The maximum absolute atomic E-state index is 11.7. The van der Waals surface area contributed by atoms with Crippen LogP contribution < -0.4 is 4.90 Å². The lowest BCUT2D eigenvalue weighted by atomic mass is 10.3. The van der Waals surface area contributed by atoms with Crippen LogP contribution in [-0.4, -0.2) is 24.1 Å². The first kappa shape index (κ1) is 15.8. The van der Waals surface area contributed by atoms with Crippen LogP contribution in [0.25, 0.3) is 0 Å². The molecule has 0 fully saturated rings. The Morgan fingerprint density at radius 1 is 1.38 bits per heavy atom. The summed E-state index contributed by atoms with van der Waals surface area (Å²) in [4.78, 5) is 19.7. The SMILES string of the molecule is CCOC(=O)c1ccc(CN(CC)c2cncc(Cl)c2)s1. The molecule has 4 nitrogen and oxygen atoms in total. The molecular formula is C15H17ClN2O2S. The zero-order chi connectivity index (χ0) is 15.2. The van der Waals surface area contributed by atoms with Crippen molar-refractivity contribution in [2.24, 2.45) is 0 Å². The molecule has 0 atom stereocenters. The molecule has 2 rings (SSSR count). The minimum Gasteiger partial charge on any atom is -0.462 e. The summed E-state index contributed by atoms with van der Waals surface area (Å²) in [6.07, 6.45) is 3.40. The highest BCUT2D eigenvalue weighted by molar-refractivity contribution is 7.13. The van der Waals surface area contributed by atoms with Crippen LogP contribution >= 0.6 is 22.9 Å². The molecule has 2 aromatic heterocycles. The molecule has 0 N–H and O–H groups in total. The molecule has 0 amide bonds. The Labute approximate surface area is 133 Å². The number of thiophene rings is 1. The van der Waals surface area contributed by atoms with Crippen LogP contribution in [-0.2, 0) is 11.3 Å². The second-order valence-electron chi connectivity index (χ2n) is 4.36. The third-order valence-electron chi connectivity index (χ3n) is 2.92. The van der Waals surface area contributed by atoms with Gasteiger partial charge in [0.1, 0.15) is 4.88 Å². The number of rotatable bonds is 6. The summed E-state index contributed by atoms with van der Waals surface area (Å²) in [5, 5.41) is 0.615. The van der Waals surface area contributed by atoms with Gasteiger partial charge in [0.15, 0.2) is 0 Å². The van der Waals surface area contributed by atoms with Crippen molar-refractivity contribution in [2.75, 3.05) is 18.1 Å².